The van der Waals surface area contributed by atoms with Crippen LogP contribution in [0.1, 0.15) is 34.0 Å². The first-order chi connectivity index (χ1) is 12.7. The van der Waals surface area contributed by atoms with Gasteiger partial charge >= 0.3 is 0 Å². The van der Waals surface area contributed by atoms with Gasteiger partial charge in [0.05, 0.1) is 6.54 Å². The van der Waals surface area contributed by atoms with Gasteiger partial charge in [-0.1, -0.05) is 6.92 Å². The molecule has 3 heterocycles. The van der Waals surface area contributed by atoms with Gasteiger partial charge in [-0.2, -0.15) is 0 Å². The van der Waals surface area contributed by atoms with E-state index in [2.05, 4.69) is 46.1 Å². The van der Waals surface area contributed by atoms with Gasteiger partial charge in [0.2, 0.25) is 5.91 Å². The Morgan fingerprint density at radius 2 is 2.08 bits per heavy atom. The predicted molar refractivity (Wildman–Crippen MR) is 110 cm³/mol. The topological polar surface area (TPSA) is 56.7 Å². The number of thiophene rings is 2. The molecule has 0 radical (unpaired) electrons. The van der Waals surface area contributed by atoms with Crippen molar-refractivity contribution in [3.05, 3.63) is 43.8 Å². The quantitative estimate of drug-likeness (QED) is 0.589. The zero-order chi connectivity index (χ0) is 18.4. The van der Waals surface area contributed by atoms with Crippen LogP contribution in [0.15, 0.2) is 28.6 Å². The second-order valence-corrected chi connectivity index (χ2v) is 8.46. The lowest BCUT2D eigenvalue weighted by molar-refractivity contribution is -0.130. The molecule has 0 atom stereocenters. The molecule has 140 valence electrons. The van der Waals surface area contributed by atoms with Crippen molar-refractivity contribution in [2.24, 2.45) is 4.99 Å². The first-order valence-electron chi connectivity index (χ1n) is 9.12. The Balaban J connectivity index is 1.54. The highest BCUT2D eigenvalue weighted by Gasteiger charge is 2.21. The summed E-state index contributed by atoms with van der Waals surface area (Å²) in [4.78, 5) is 23.0. The maximum atomic E-state index is 12.5. The van der Waals surface area contributed by atoms with E-state index in [0.717, 1.165) is 32.5 Å². The van der Waals surface area contributed by atoms with Crippen molar-refractivity contribution >= 4 is 34.5 Å². The summed E-state index contributed by atoms with van der Waals surface area (Å²) in [5.74, 6) is 0.781. The third kappa shape index (κ3) is 4.86. The summed E-state index contributed by atoms with van der Waals surface area (Å²) in [5.41, 5.74) is 1.29. The molecule has 7 heteroatoms. The Hall–Kier alpha value is -1.86. The molecule has 0 fully saturated rings. The maximum Gasteiger partial charge on any atom is 0.244 e. The van der Waals surface area contributed by atoms with Crippen LogP contribution in [0.3, 0.4) is 0 Å². The lowest BCUT2D eigenvalue weighted by Gasteiger charge is -2.26. The van der Waals surface area contributed by atoms with Crippen molar-refractivity contribution in [3.63, 3.8) is 0 Å². The van der Waals surface area contributed by atoms with Gasteiger partial charge in [-0.3, -0.25) is 4.79 Å². The Bertz CT molecular complexity index is 765. The highest BCUT2D eigenvalue weighted by Crippen LogP contribution is 2.24. The average molecular weight is 391 g/mol. The minimum absolute atomic E-state index is 0.0865. The van der Waals surface area contributed by atoms with Gasteiger partial charge in [0.1, 0.15) is 6.54 Å². The number of hydrogen-bond donors (Lipinski definition) is 2. The van der Waals surface area contributed by atoms with Gasteiger partial charge in [-0.25, -0.2) is 4.99 Å². The van der Waals surface area contributed by atoms with Crippen LogP contribution >= 0.6 is 22.7 Å². The molecule has 1 aliphatic rings. The van der Waals surface area contributed by atoms with E-state index in [1.165, 1.54) is 20.2 Å². The fourth-order valence-corrected chi connectivity index (χ4v) is 4.72. The van der Waals surface area contributed by atoms with Crippen molar-refractivity contribution in [1.29, 1.82) is 0 Å². The number of carbonyl (C=O) groups is 1. The van der Waals surface area contributed by atoms with Gasteiger partial charge in [-0.05, 0) is 48.9 Å². The van der Waals surface area contributed by atoms with Gasteiger partial charge in [0.15, 0.2) is 5.96 Å². The first kappa shape index (κ1) is 18.9. The monoisotopic (exact) mass is 390 g/mol. The zero-order valence-corrected chi connectivity index (χ0v) is 17.0. The second kappa shape index (κ2) is 9.19. The van der Waals surface area contributed by atoms with Crippen LogP contribution in [-0.2, 0) is 30.7 Å². The van der Waals surface area contributed by atoms with Crippen LogP contribution in [0.2, 0.25) is 0 Å². The summed E-state index contributed by atoms with van der Waals surface area (Å²) in [6.45, 7) is 7.38. The molecule has 26 heavy (non-hydrogen) atoms. The molecule has 1 aliphatic heterocycles. The number of nitrogens with one attached hydrogen (secondary N) is 2. The summed E-state index contributed by atoms with van der Waals surface area (Å²) in [7, 11) is 0. The smallest absolute Gasteiger partial charge is 0.244 e. The largest absolute Gasteiger partial charge is 0.357 e. The molecule has 3 rings (SSSR count). The van der Waals surface area contributed by atoms with Gasteiger partial charge < -0.3 is 15.5 Å². The van der Waals surface area contributed by atoms with Crippen LogP contribution in [0.25, 0.3) is 0 Å². The normalized spacial score (nSPS) is 14.2. The van der Waals surface area contributed by atoms with E-state index in [0.29, 0.717) is 12.5 Å². The van der Waals surface area contributed by atoms with Crippen molar-refractivity contribution < 1.29 is 4.79 Å². The second-order valence-electron chi connectivity index (χ2n) is 6.20. The fourth-order valence-electron chi connectivity index (χ4n) is 2.93. The summed E-state index contributed by atoms with van der Waals surface area (Å²) < 4.78 is 0. The van der Waals surface area contributed by atoms with E-state index in [4.69, 9.17) is 0 Å². The lowest BCUT2D eigenvalue weighted by Crippen LogP contribution is -2.40. The number of fused-ring (bicyclic) bond motifs is 1. The van der Waals surface area contributed by atoms with Crippen LogP contribution < -0.4 is 10.6 Å². The molecule has 0 saturated carbocycles. The molecule has 0 aliphatic carbocycles. The summed E-state index contributed by atoms with van der Waals surface area (Å²) in [5, 5.41) is 8.65. The third-order valence-corrected chi connectivity index (χ3v) is 6.63. The van der Waals surface area contributed by atoms with Crippen LogP contribution in [0.5, 0.6) is 0 Å². The molecule has 0 saturated heterocycles. The standard InChI is InChI=1S/C19H26N4OS2/c1-3-15-5-6-16(26-15)11-21-19(20-4-2)22-12-18(24)23-9-7-17-14(13-23)8-10-25-17/h5-6,8,10H,3-4,7,9,11-13H2,1-2H3,(H2,20,21,22). The lowest BCUT2D eigenvalue weighted by atomic mass is 10.1. The molecule has 0 bridgehead atoms. The van der Waals surface area contributed by atoms with Crippen molar-refractivity contribution in [2.45, 2.75) is 39.8 Å². The molecule has 2 aromatic rings. The van der Waals surface area contributed by atoms with E-state index in [9.17, 15) is 4.79 Å². The van der Waals surface area contributed by atoms with Gasteiger partial charge in [-0.15, -0.1) is 22.7 Å². The van der Waals surface area contributed by atoms with E-state index in [1.807, 2.05) is 23.2 Å². The SMILES string of the molecule is CCNC(=NCC(=O)N1CCc2sccc2C1)NCc1ccc(CC)s1. The molecular weight excluding hydrogens is 364 g/mol. The predicted octanol–water partition coefficient (Wildman–Crippen LogP) is 3.01. The molecule has 1 amide bonds. The number of hydrogen-bond acceptors (Lipinski definition) is 4. The van der Waals surface area contributed by atoms with Crippen molar-refractivity contribution in [1.82, 2.24) is 15.5 Å². The molecule has 2 aromatic heterocycles. The van der Waals surface area contributed by atoms with Crippen LogP contribution in [-0.4, -0.2) is 36.4 Å². The first-order valence-corrected chi connectivity index (χ1v) is 10.8. The molecular formula is C19H26N4OS2. The van der Waals surface area contributed by atoms with Gasteiger partial charge in [0.25, 0.3) is 0 Å². The number of aryl methyl sites for hydroxylation is 1. The Labute approximate surface area is 163 Å². The molecule has 5 nitrogen and oxygen atoms in total. The third-order valence-electron chi connectivity index (χ3n) is 4.37. The van der Waals surface area contributed by atoms with Gasteiger partial charge in [0, 0.05) is 34.3 Å². The number of amides is 1. The highest BCUT2D eigenvalue weighted by molar-refractivity contribution is 7.12. The molecule has 2 N–H and O–H groups in total. The van der Waals surface area contributed by atoms with E-state index < -0.39 is 0 Å². The fraction of sp³-hybridized carbons (Fsp3) is 0.474. The van der Waals surface area contributed by atoms with Crippen molar-refractivity contribution in [3.8, 4) is 0 Å². The Kier molecular flexibility index (Phi) is 6.68. The highest BCUT2D eigenvalue weighted by atomic mass is 32.1. The number of rotatable bonds is 6. The minimum Gasteiger partial charge on any atom is -0.357 e. The molecule has 0 aromatic carbocycles. The van der Waals surface area contributed by atoms with Crippen LogP contribution in [0.4, 0.5) is 0 Å². The summed E-state index contributed by atoms with van der Waals surface area (Å²) in [6.07, 6.45) is 2.02. The maximum absolute atomic E-state index is 12.5. The zero-order valence-electron chi connectivity index (χ0n) is 15.4. The average Bonchev–Trinajstić information content (AvgIpc) is 3.31. The summed E-state index contributed by atoms with van der Waals surface area (Å²) in [6, 6.07) is 6.45. The van der Waals surface area contributed by atoms with Crippen molar-refractivity contribution in [2.75, 3.05) is 19.6 Å². The van der Waals surface area contributed by atoms with Crippen LogP contribution in [0, 0.1) is 0 Å². The minimum atomic E-state index is 0.0865. The molecule has 0 unspecified atom stereocenters. The number of carbonyl (C=O) groups excluding carboxylic acids is 1. The number of nitrogens with zero attached hydrogens (tertiary/aromatic N) is 2. The Morgan fingerprint density at radius 3 is 2.85 bits per heavy atom. The van der Waals surface area contributed by atoms with E-state index in [1.54, 1.807) is 11.3 Å². The number of aliphatic imine (C=N–C) groups is 1. The molecule has 0 spiro atoms. The van der Waals surface area contributed by atoms with E-state index >= 15 is 0 Å². The summed E-state index contributed by atoms with van der Waals surface area (Å²) >= 11 is 3.60. The van der Waals surface area contributed by atoms with E-state index in [-0.39, 0.29) is 12.5 Å². The number of guanidine groups is 1. The Morgan fingerprint density at radius 1 is 1.23 bits per heavy atom.